The first-order valence-corrected chi connectivity index (χ1v) is 5.94. The second-order valence-corrected chi connectivity index (χ2v) is 4.65. The van der Waals surface area contributed by atoms with Crippen LogP contribution in [-0.4, -0.2) is 5.91 Å². The summed E-state index contributed by atoms with van der Waals surface area (Å²) in [4.78, 5) is 11.4. The van der Waals surface area contributed by atoms with E-state index in [4.69, 9.17) is 0 Å². The summed E-state index contributed by atoms with van der Waals surface area (Å²) in [5.74, 6) is -1.29. The predicted octanol–water partition coefficient (Wildman–Crippen LogP) is 3.43. The minimum Gasteiger partial charge on any atom is -0.325 e. The van der Waals surface area contributed by atoms with E-state index in [1.165, 1.54) is 18.2 Å². The van der Waals surface area contributed by atoms with Crippen LogP contribution < -0.4 is 5.32 Å². The lowest BCUT2D eigenvalue weighted by Crippen LogP contribution is -2.04. The summed E-state index contributed by atoms with van der Waals surface area (Å²) in [6.07, 6.45) is 0.250. The molecular formula is C15H11F2NO. The van der Waals surface area contributed by atoms with Crippen LogP contribution in [0.3, 0.4) is 0 Å². The summed E-state index contributed by atoms with van der Waals surface area (Å²) in [7, 11) is 0. The second-order valence-electron chi connectivity index (χ2n) is 4.65. The molecule has 0 fully saturated rings. The summed E-state index contributed by atoms with van der Waals surface area (Å²) < 4.78 is 27.5. The Bertz CT molecular complexity index is 675. The predicted molar refractivity (Wildman–Crippen MR) is 68.9 cm³/mol. The van der Waals surface area contributed by atoms with Crippen LogP contribution in [0.4, 0.5) is 14.5 Å². The van der Waals surface area contributed by atoms with Gasteiger partial charge in [0.2, 0.25) is 5.91 Å². The van der Waals surface area contributed by atoms with E-state index >= 15 is 0 Å². The van der Waals surface area contributed by atoms with Crippen LogP contribution in [0, 0.1) is 18.6 Å². The Kier molecular flexibility index (Phi) is 2.59. The fraction of sp³-hybridized carbons (Fsp3) is 0.133. The summed E-state index contributed by atoms with van der Waals surface area (Å²) in [5, 5.41) is 2.75. The molecule has 0 radical (unpaired) electrons. The van der Waals surface area contributed by atoms with E-state index in [0.717, 1.165) is 16.8 Å². The number of fused-ring (bicyclic) bond motifs is 1. The van der Waals surface area contributed by atoms with Crippen molar-refractivity contribution in [3.05, 3.63) is 53.1 Å². The fourth-order valence-electron chi connectivity index (χ4n) is 2.45. The number of benzene rings is 2. The van der Waals surface area contributed by atoms with Crippen LogP contribution in [-0.2, 0) is 11.2 Å². The van der Waals surface area contributed by atoms with Gasteiger partial charge in [0.25, 0.3) is 0 Å². The zero-order valence-electron chi connectivity index (χ0n) is 10.3. The van der Waals surface area contributed by atoms with E-state index in [-0.39, 0.29) is 17.9 Å². The lowest BCUT2D eigenvalue weighted by Gasteiger charge is -2.10. The van der Waals surface area contributed by atoms with Crippen molar-refractivity contribution in [3.63, 3.8) is 0 Å². The van der Waals surface area contributed by atoms with Gasteiger partial charge in [0.15, 0.2) is 0 Å². The number of hydrogen-bond donors (Lipinski definition) is 1. The van der Waals surface area contributed by atoms with Gasteiger partial charge in [-0.25, -0.2) is 8.78 Å². The van der Waals surface area contributed by atoms with Gasteiger partial charge in [0, 0.05) is 5.69 Å². The molecule has 1 heterocycles. The number of aryl methyl sites for hydroxylation is 1. The number of nitrogens with one attached hydrogen (secondary N) is 1. The molecule has 0 aliphatic carbocycles. The van der Waals surface area contributed by atoms with Gasteiger partial charge >= 0.3 is 0 Å². The maximum atomic E-state index is 13.8. The molecule has 0 spiro atoms. The Morgan fingerprint density at radius 3 is 2.53 bits per heavy atom. The van der Waals surface area contributed by atoms with Gasteiger partial charge in [-0.15, -0.1) is 0 Å². The molecule has 0 atom stereocenters. The fourth-order valence-corrected chi connectivity index (χ4v) is 2.45. The maximum Gasteiger partial charge on any atom is 0.228 e. The Hall–Kier alpha value is -2.23. The second kappa shape index (κ2) is 4.16. The van der Waals surface area contributed by atoms with Crippen molar-refractivity contribution in [2.45, 2.75) is 13.3 Å². The van der Waals surface area contributed by atoms with Crippen molar-refractivity contribution >= 4 is 11.6 Å². The maximum absolute atomic E-state index is 13.8. The van der Waals surface area contributed by atoms with E-state index < -0.39 is 11.6 Å². The van der Waals surface area contributed by atoms with Crippen molar-refractivity contribution in [2.24, 2.45) is 0 Å². The molecule has 1 amide bonds. The van der Waals surface area contributed by atoms with Gasteiger partial charge in [0.05, 0.1) is 12.0 Å². The van der Waals surface area contributed by atoms with Gasteiger partial charge in [-0.05, 0) is 47.9 Å². The van der Waals surface area contributed by atoms with Crippen LogP contribution in [0.2, 0.25) is 0 Å². The Morgan fingerprint density at radius 1 is 1.16 bits per heavy atom. The summed E-state index contributed by atoms with van der Waals surface area (Å²) in [6, 6.07) is 7.14. The molecule has 1 aliphatic heterocycles. The normalized spacial score (nSPS) is 13.3. The number of carbonyl (C=O) groups excluding carboxylic acids is 1. The molecule has 2 aromatic carbocycles. The van der Waals surface area contributed by atoms with Crippen molar-refractivity contribution in [3.8, 4) is 11.1 Å². The summed E-state index contributed by atoms with van der Waals surface area (Å²) in [6.45, 7) is 1.81. The third kappa shape index (κ3) is 1.89. The van der Waals surface area contributed by atoms with E-state index in [1.807, 2.05) is 6.92 Å². The Morgan fingerprint density at radius 2 is 1.84 bits per heavy atom. The molecule has 0 unspecified atom stereocenters. The van der Waals surface area contributed by atoms with E-state index in [0.29, 0.717) is 5.56 Å². The zero-order valence-corrected chi connectivity index (χ0v) is 10.3. The quantitative estimate of drug-likeness (QED) is 0.835. The van der Waals surface area contributed by atoms with Crippen LogP contribution in [0.25, 0.3) is 11.1 Å². The lowest BCUT2D eigenvalue weighted by atomic mass is 9.98. The first kappa shape index (κ1) is 11.8. The molecule has 0 aromatic heterocycles. The highest BCUT2D eigenvalue weighted by atomic mass is 19.1. The molecule has 0 saturated carbocycles. The molecule has 96 valence electrons. The number of hydrogen-bond acceptors (Lipinski definition) is 1. The molecular weight excluding hydrogens is 248 g/mol. The van der Waals surface area contributed by atoms with Crippen LogP contribution in [0.5, 0.6) is 0 Å². The number of anilines is 1. The molecule has 19 heavy (non-hydrogen) atoms. The number of carbonyl (C=O) groups is 1. The largest absolute Gasteiger partial charge is 0.325 e. The minimum atomic E-state index is -0.600. The van der Waals surface area contributed by atoms with Gasteiger partial charge in [-0.2, -0.15) is 0 Å². The number of rotatable bonds is 1. The third-order valence-corrected chi connectivity index (χ3v) is 3.28. The van der Waals surface area contributed by atoms with Crippen LogP contribution in [0.15, 0.2) is 30.3 Å². The highest BCUT2D eigenvalue weighted by molar-refractivity contribution is 6.00. The van der Waals surface area contributed by atoms with Crippen LogP contribution >= 0.6 is 0 Å². The minimum absolute atomic E-state index is 0.0484. The molecule has 3 rings (SSSR count). The molecule has 0 saturated heterocycles. The zero-order chi connectivity index (χ0) is 13.6. The van der Waals surface area contributed by atoms with E-state index in [1.54, 1.807) is 12.1 Å². The van der Waals surface area contributed by atoms with Crippen molar-refractivity contribution in [1.29, 1.82) is 0 Å². The number of halogens is 2. The number of amides is 1. The standard InChI is InChI=1S/C15H11F2NO/c1-8-5-9(6-10-7-13(19)18-15(8)10)14-11(16)3-2-4-12(14)17/h2-6H,7H2,1H3,(H,18,19). The highest BCUT2D eigenvalue weighted by Crippen LogP contribution is 2.34. The van der Waals surface area contributed by atoms with Gasteiger partial charge in [-0.1, -0.05) is 6.07 Å². The molecule has 1 N–H and O–H groups in total. The molecule has 0 bridgehead atoms. The topological polar surface area (TPSA) is 29.1 Å². The van der Waals surface area contributed by atoms with Crippen molar-refractivity contribution < 1.29 is 13.6 Å². The smallest absolute Gasteiger partial charge is 0.228 e. The Labute approximate surface area is 109 Å². The SMILES string of the molecule is Cc1cc(-c2c(F)cccc2F)cc2c1NC(=O)C2. The summed E-state index contributed by atoms with van der Waals surface area (Å²) >= 11 is 0. The van der Waals surface area contributed by atoms with E-state index in [2.05, 4.69) is 5.32 Å². The third-order valence-electron chi connectivity index (χ3n) is 3.28. The first-order chi connectivity index (χ1) is 9.06. The summed E-state index contributed by atoms with van der Waals surface area (Å²) in [5.41, 5.74) is 2.75. The van der Waals surface area contributed by atoms with Gasteiger partial charge in [-0.3, -0.25) is 4.79 Å². The molecule has 4 heteroatoms. The van der Waals surface area contributed by atoms with E-state index in [9.17, 15) is 13.6 Å². The monoisotopic (exact) mass is 259 g/mol. The van der Waals surface area contributed by atoms with Crippen molar-refractivity contribution in [2.75, 3.05) is 5.32 Å². The Balaban J connectivity index is 2.21. The first-order valence-electron chi connectivity index (χ1n) is 5.94. The van der Waals surface area contributed by atoms with Gasteiger partial charge < -0.3 is 5.32 Å². The average Bonchev–Trinajstić information content (AvgIpc) is 2.70. The molecule has 2 aromatic rings. The lowest BCUT2D eigenvalue weighted by molar-refractivity contribution is -0.115. The highest BCUT2D eigenvalue weighted by Gasteiger charge is 2.22. The van der Waals surface area contributed by atoms with Gasteiger partial charge in [0.1, 0.15) is 11.6 Å². The van der Waals surface area contributed by atoms with Crippen molar-refractivity contribution in [1.82, 2.24) is 0 Å². The molecule has 2 nitrogen and oxygen atoms in total. The van der Waals surface area contributed by atoms with Crippen LogP contribution in [0.1, 0.15) is 11.1 Å². The molecule has 1 aliphatic rings. The average molecular weight is 259 g/mol.